The van der Waals surface area contributed by atoms with E-state index in [1.54, 1.807) is 0 Å². The van der Waals surface area contributed by atoms with Crippen LogP contribution in [-0.4, -0.2) is 48.0 Å². The number of aromatic carboxylic acids is 1. The van der Waals surface area contributed by atoms with Crippen LogP contribution < -0.4 is 0 Å². The van der Waals surface area contributed by atoms with Gasteiger partial charge in [0.05, 0.1) is 16.4 Å². The highest BCUT2D eigenvalue weighted by Crippen LogP contribution is 2.24. The molecule has 7 nitrogen and oxygen atoms in total. The molecule has 1 fully saturated rings. The van der Waals surface area contributed by atoms with Crippen molar-refractivity contribution in [2.24, 2.45) is 5.92 Å². The predicted octanol–water partition coefficient (Wildman–Crippen LogP) is 0.870. The fourth-order valence-electron chi connectivity index (χ4n) is 2.28. The number of benzene rings is 1. The molecule has 1 aliphatic heterocycles. The van der Waals surface area contributed by atoms with Crippen molar-refractivity contribution < 1.29 is 28.2 Å². The molecule has 1 heterocycles. The molecule has 0 aromatic heterocycles. The molecule has 114 valence electrons. The molecule has 8 heteroatoms. The van der Waals surface area contributed by atoms with Gasteiger partial charge in [-0.1, -0.05) is 6.07 Å². The summed E-state index contributed by atoms with van der Waals surface area (Å²) in [5, 5.41) is 17.8. The van der Waals surface area contributed by atoms with Crippen LogP contribution in [0.1, 0.15) is 23.2 Å². The first kappa shape index (κ1) is 15.5. The van der Waals surface area contributed by atoms with Crippen LogP contribution in [0.4, 0.5) is 0 Å². The Balaban J connectivity index is 2.21. The van der Waals surface area contributed by atoms with E-state index in [0.717, 1.165) is 6.07 Å². The monoisotopic (exact) mass is 313 g/mol. The summed E-state index contributed by atoms with van der Waals surface area (Å²) in [6, 6.07) is 5.14. The predicted molar refractivity (Wildman–Crippen MR) is 72.5 cm³/mol. The number of sulfonamides is 1. The minimum atomic E-state index is -3.79. The lowest BCUT2D eigenvalue weighted by molar-refractivity contribution is -0.142. The van der Waals surface area contributed by atoms with E-state index in [-0.39, 0.29) is 36.4 Å². The molecule has 0 saturated carbocycles. The van der Waals surface area contributed by atoms with Gasteiger partial charge in [-0.25, -0.2) is 13.2 Å². The molecule has 2 rings (SSSR count). The highest BCUT2D eigenvalue weighted by atomic mass is 32.2. The van der Waals surface area contributed by atoms with Crippen molar-refractivity contribution in [1.82, 2.24) is 4.31 Å². The minimum Gasteiger partial charge on any atom is -0.481 e. The maximum Gasteiger partial charge on any atom is 0.335 e. The van der Waals surface area contributed by atoms with E-state index in [9.17, 15) is 18.0 Å². The average Bonchev–Trinajstić information content (AvgIpc) is 2.47. The quantitative estimate of drug-likeness (QED) is 0.853. The van der Waals surface area contributed by atoms with Crippen molar-refractivity contribution >= 4 is 22.0 Å². The van der Waals surface area contributed by atoms with Gasteiger partial charge in [0, 0.05) is 13.1 Å². The van der Waals surface area contributed by atoms with Crippen LogP contribution in [0, 0.1) is 5.92 Å². The third-order valence-electron chi connectivity index (χ3n) is 3.52. The zero-order valence-corrected chi connectivity index (χ0v) is 11.9. The summed E-state index contributed by atoms with van der Waals surface area (Å²) in [6.07, 6.45) is 0.514. The third-order valence-corrected chi connectivity index (χ3v) is 5.42. The molecule has 2 N–H and O–H groups in total. The molecule has 0 bridgehead atoms. The Morgan fingerprint density at radius 1 is 1.14 bits per heavy atom. The van der Waals surface area contributed by atoms with Crippen LogP contribution in [0.2, 0.25) is 0 Å². The Kier molecular flexibility index (Phi) is 4.29. The van der Waals surface area contributed by atoms with Gasteiger partial charge in [-0.05, 0) is 31.0 Å². The van der Waals surface area contributed by atoms with Gasteiger partial charge in [-0.3, -0.25) is 4.79 Å². The fraction of sp³-hybridized carbons (Fsp3) is 0.385. The number of hydrogen-bond donors (Lipinski definition) is 2. The van der Waals surface area contributed by atoms with Crippen molar-refractivity contribution in [1.29, 1.82) is 0 Å². The van der Waals surface area contributed by atoms with Gasteiger partial charge in [-0.15, -0.1) is 0 Å². The SMILES string of the molecule is O=C(O)c1cccc(S(=O)(=O)N2CCC(C(=O)O)CC2)c1. The van der Waals surface area contributed by atoms with E-state index in [1.807, 2.05) is 0 Å². The molecule has 0 amide bonds. The molecule has 0 atom stereocenters. The van der Waals surface area contributed by atoms with Crippen LogP contribution in [-0.2, 0) is 14.8 Å². The van der Waals surface area contributed by atoms with E-state index in [2.05, 4.69) is 0 Å². The summed E-state index contributed by atoms with van der Waals surface area (Å²) in [4.78, 5) is 21.7. The first-order valence-corrected chi connectivity index (χ1v) is 7.82. The van der Waals surface area contributed by atoms with E-state index >= 15 is 0 Å². The molecule has 1 saturated heterocycles. The largest absolute Gasteiger partial charge is 0.481 e. The van der Waals surface area contributed by atoms with Crippen LogP contribution in [0.5, 0.6) is 0 Å². The summed E-state index contributed by atoms with van der Waals surface area (Å²) in [5.41, 5.74) is -0.100. The Hall–Kier alpha value is -1.93. The number of aliphatic carboxylic acids is 1. The minimum absolute atomic E-state index is 0.0869. The van der Waals surface area contributed by atoms with Crippen molar-refractivity contribution in [3.8, 4) is 0 Å². The zero-order chi connectivity index (χ0) is 15.6. The number of carbonyl (C=O) groups is 2. The number of carboxylic acid groups (broad SMARTS) is 2. The lowest BCUT2D eigenvalue weighted by atomic mass is 9.99. The maximum atomic E-state index is 12.4. The second-order valence-corrected chi connectivity index (χ2v) is 6.79. The van der Waals surface area contributed by atoms with Crippen LogP contribution in [0.3, 0.4) is 0 Å². The first-order chi connectivity index (χ1) is 9.82. The van der Waals surface area contributed by atoms with E-state index in [4.69, 9.17) is 10.2 Å². The maximum absolute atomic E-state index is 12.4. The summed E-state index contributed by atoms with van der Waals surface area (Å²) in [7, 11) is -3.79. The van der Waals surface area contributed by atoms with E-state index < -0.39 is 27.9 Å². The van der Waals surface area contributed by atoms with Gasteiger partial charge in [0.15, 0.2) is 0 Å². The van der Waals surface area contributed by atoms with Gasteiger partial charge in [-0.2, -0.15) is 4.31 Å². The fourth-order valence-corrected chi connectivity index (χ4v) is 3.80. The molecule has 0 radical (unpaired) electrons. The summed E-state index contributed by atoms with van der Waals surface area (Å²) >= 11 is 0. The smallest absolute Gasteiger partial charge is 0.335 e. The lowest BCUT2D eigenvalue weighted by Gasteiger charge is -2.29. The highest BCUT2D eigenvalue weighted by molar-refractivity contribution is 7.89. The molecular formula is C13H15NO6S. The van der Waals surface area contributed by atoms with Gasteiger partial charge < -0.3 is 10.2 Å². The van der Waals surface area contributed by atoms with E-state index in [0.29, 0.717) is 0 Å². The van der Waals surface area contributed by atoms with Crippen LogP contribution >= 0.6 is 0 Å². The van der Waals surface area contributed by atoms with Crippen LogP contribution in [0.15, 0.2) is 29.2 Å². The summed E-state index contributed by atoms with van der Waals surface area (Å²) in [5.74, 6) is -2.64. The Bertz CT molecular complexity index is 661. The topological polar surface area (TPSA) is 112 Å². The third kappa shape index (κ3) is 3.22. The molecule has 1 aromatic carbocycles. The number of nitrogens with zero attached hydrogens (tertiary/aromatic N) is 1. The Labute approximate surface area is 121 Å². The highest BCUT2D eigenvalue weighted by Gasteiger charge is 2.32. The molecular weight excluding hydrogens is 298 g/mol. The molecule has 1 aliphatic rings. The van der Waals surface area contributed by atoms with Crippen molar-refractivity contribution in [2.75, 3.05) is 13.1 Å². The first-order valence-electron chi connectivity index (χ1n) is 6.38. The lowest BCUT2D eigenvalue weighted by Crippen LogP contribution is -2.40. The second kappa shape index (κ2) is 5.82. The molecule has 21 heavy (non-hydrogen) atoms. The van der Waals surface area contributed by atoms with Gasteiger partial charge in [0.1, 0.15) is 0 Å². The van der Waals surface area contributed by atoms with Gasteiger partial charge in [0.25, 0.3) is 0 Å². The number of rotatable bonds is 4. The van der Waals surface area contributed by atoms with Crippen LogP contribution in [0.25, 0.3) is 0 Å². The van der Waals surface area contributed by atoms with Crippen molar-refractivity contribution in [3.63, 3.8) is 0 Å². The summed E-state index contributed by atoms with van der Waals surface area (Å²) in [6.45, 7) is 0.243. The molecule has 0 spiro atoms. The number of hydrogen-bond acceptors (Lipinski definition) is 4. The van der Waals surface area contributed by atoms with Gasteiger partial charge in [0.2, 0.25) is 10.0 Å². The Morgan fingerprint density at radius 3 is 2.29 bits per heavy atom. The van der Waals surface area contributed by atoms with Crippen molar-refractivity contribution in [2.45, 2.75) is 17.7 Å². The number of piperidine rings is 1. The zero-order valence-electron chi connectivity index (χ0n) is 11.1. The number of carboxylic acids is 2. The molecule has 0 aliphatic carbocycles. The average molecular weight is 313 g/mol. The second-order valence-electron chi connectivity index (χ2n) is 4.85. The van der Waals surface area contributed by atoms with E-state index in [1.165, 1.54) is 22.5 Å². The standard InChI is InChI=1S/C13H15NO6S/c15-12(16)9-4-6-14(7-5-9)21(19,20)11-3-1-2-10(8-11)13(17)18/h1-3,8-9H,4-7H2,(H,15,16)(H,17,18). The molecule has 0 unspecified atom stereocenters. The summed E-state index contributed by atoms with van der Waals surface area (Å²) < 4.78 is 26.1. The van der Waals surface area contributed by atoms with Gasteiger partial charge >= 0.3 is 11.9 Å². The molecule has 1 aromatic rings. The Morgan fingerprint density at radius 2 is 1.76 bits per heavy atom. The normalized spacial score (nSPS) is 17.5. The van der Waals surface area contributed by atoms with Crippen molar-refractivity contribution in [3.05, 3.63) is 29.8 Å².